The van der Waals surface area contributed by atoms with Gasteiger partial charge < -0.3 is 15.5 Å². The van der Waals surface area contributed by atoms with E-state index in [1.54, 1.807) is 19.1 Å². The molecule has 2 aliphatic rings. The Morgan fingerprint density at radius 3 is 2.50 bits per heavy atom. The number of rotatable bonds is 8. The summed E-state index contributed by atoms with van der Waals surface area (Å²) in [5.74, 6) is -1.24. The van der Waals surface area contributed by atoms with Crippen LogP contribution in [0, 0.1) is 5.82 Å². The molecule has 0 unspecified atom stereocenters. The Bertz CT molecular complexity index is 821. The van der Waals surface area contributed by atoms with Crippen molar-refractivity contribution in [3.8, 4) is 0 Å². The molecule has 1 spiro atoms. The number of hydrogen-bond donors (Lipinski definition) is 2. The molecular weight excluding hydrogens is 391 g/mol. The van der Waals surface area contributed by atoms with Gasteiger partial charge in [0.25, 0.3) is 5.91 Å². The largest absolute Gasteiger partial charge is 0.350 e. The quantitative estimate of drug-likeness (QED) is 0.626. The van der Waals surface area contributed by atoms with E-state index in [0.717, 1.165) is 23.3 Å². The summed E-state index contributed by atoms with van der Waals surface area (Å²) in [6, 6.07) is 5.33. The fourth-order valence-electron chi connectivity index (χ4n) is 3.97. The Morgan fingerprint density at radius 1 is 1.20 bits per heavy atom. The first-order valence-electron chi connectivity index (χ1n) is 10.3. The van der Waals surface area contributed by atoms with Crippen LogP contribution in [0.25, 0.3) is 0 Å². The fraction of sp³-hybridized carbons (Fsp3) is 0.524. The maximum Gasteiger partial charge on any atom is 0.325 e. The van der Waals surface area contributed by atoms with Crippen molar-refractivity contribution in [2.75, 3.05) is 19.6 Å². The standard InChI is InChI=1S/C21H27FN4O4/c1-2-25(14-17(27)23-13-15-5-7-16(22)8-6-15)18(28)9-12-26-19(29)21(24-20(26)30)10-3-4-11-21/h5-8H,2-4,9-14H2,1H3,(H,23,27)(H,24,30). The zero-order valence-corrected chi connectivity index (χ0v) is 17.1. The van der Waals surface area contributed by atoms with Crippen molar-refractivity contribution in [3.63, 3.8) is 0 Å². The lowest BCUT2D eigenvalue weighted by Crippen LogP contribution is -2.44. The Kier molecular flexibility index (Phi) is 6.69. The van der Waals surface area contributed by atoms with Gasteiger partial charge in [-0.25, -0.2) is 9.18 Å². The Labute approximate surface area is 174 Å². The second kappa shape index (κ2) is 9.23. The van der Waals surface area contributed by atoms with Gasteiger partial charge in [-0.15, -0.1) is 0 Å². The third-order valence-corrected chi connectivity index (χ3v) is 5.72. The summed E-state index contributed by atoms with van der Waals surface area (Å²) in [4.78, 5) is 52.1. The van der Waals surface area contributed by atoms with E-state index >= 15 is 0 Å². The van der Waals surface area contributed by atoms with E-state index in [4.69, 9.17) is 0 Å². The van der Waals surface area contributed by atoms with Gasteiger partial charge in [0.15, 0.2) is 0 Å². The van der Waals surface area contributed by atoms with Crippen LogP contribution in [0.2, 0.25) is 0 Å². The smallest absolute Gasteiger partial charge is 0.325 e. The second-order valence-electron chi connectivity index (χ2n) is 7.74. The molecule has 1 heterocycles. The summed E-state index contributed by atoms with van der Waals surface area (Å²) >= 11 is 0. The van der Waals surface area contributed by atoms with Crippen LogP contribution in [0.15, 0.2) is 24.3 Å². The van der Waals surface area contributed by atoms with Gasteiger partial charge >= 0.3 is 6.03 Å². The topological polar surface area (TPSA) is 98.8 Å². The van der Waals surface area contributed by atoms with Gasteiger partial charge in [0.2, 0.25) is 11.8 Å². The third kappa shape index (κ3) is 4.77. The second-order valence-corrected chi connectivity index (χ2v) is 7.74. The van der Waals surface area contributed by atoms with Crippen LogP contribution in [0.4, 0.5) is 9.18 Å². The third-order valence-electron chi connectivity index (χ3n) is 5.72. The van der Waals surface area contributed by atoms with Crippen LogP contribution in [-0.4, -0.2) is 58.7 Å². The molecule has 9 heteroatoms. The van der Waals surface area contributed by atoms with Crippen molar-refractivity contribution in [2.45, 2.75) is 51.1 Å². The van der Waals surface area contributed by atoms with E-state index in [1.165, 1.54) is 17.0 Å². The minimum absolute atomic E-state index is 0.00104. The van der Waals surface area contributed by atoms with Crippen molar-refractivity contribution < 1.29 is 23.6 Å². The molecule has 0 radical (unpaired) electrons. The lowest BCUT2D eigenvalue weighted by molar-refractivity contribution is -0.137. The van der Waals surface area contributed by atoms with Gasteiger partial charge in [-0.1, -0.05) is 25.0 Å². The molecule has 0 bridgehead atoms. The molecular formula is C21H27FN4O4. The molecule has 2 fully saturated rings. The number of urea groups is 1. The average molecular weight is 418 g/mol. The zero-order chi connectivity index (χ0) is 21.7. The Morgan fingerprint density at radius 2 is 1.87 bits per heavy atom. The minimum atomic E-state index is -0.787. The normalized spacial score (nSPS) is 17.3. The summed E-state index contributed by atoms with van der Waals surface area (Å²) in [5.41, 5.74) is -0.0383. The van der Waals surface area contributed by atoms with Crippen molar-refractivity contribution in [2.24, 2.45) is 0 Å². The molecule has 30 heavy (non-hydrogen) atoms. The van der Waals surface area contributed by atoms with Crippen LogP contribution in [0.3, 0.4) is 0 Å². The van der Waals surface area contributed by atoms with E-state index in [1.807, 2.05) is 0 Å². The molecule has 1 aliphatic heterocycles. The number of amides is 5. The van der Waals surface area contributed by atoms with E-state index < -0.39 is 11.6 Å². The van der Waals surface area contributed by atoms with Crippen LogP contribution in [-0.2, 0) is 20.9 Å². The Hall–Kier alpha value is -2.97. The lowest BCUT2D eigenvalue weighted by atomic mass is 9.98. The molecule has 1 aromatic rings. The van der Waals surface area contributed by atoms with E-state index in [2.05, 4.69) is 10.6 Å². The molecule has 8 nitrogen and oxygen atoms in total. The lowest BCUT2D eigenvalue weighted by Gasteiger charge is -2.22. The highest BCUT2D eigenvalue weighted by atomic mass is 19.1. The highest BCUT2D eigenvalue weighted by Crippen LogP contribution is 2.35. The molecule has 1 aliphatic carbocycles. The number of likely N-dealkylation sites (N-methyl/N-ethyl adjacent to an activating group) is 1. The van der Waals surface area contributed by atoms with E-state index in [9.17, 15) is 23.6 Å². The molecule has 1 aromatic carbocycles. The number of nitrogens with zero attached hydrogens (tertiary/aromatic N) is 2. The van der Waals surface area contributed by atoms with E-state index in [0.29, 0.717) is 19.4 Å². The summed E-state index contributed by atoms with van der Waals surface area (Å²) in [7, 11) is 0. The molecule has 3 rings (SSSR count). The van der Waals surface area contributed by atoms with Gasteiger partial charge in [0, 0.05) is 26.1 Å². The number of imide groups is 1. The number of carbonyl (C=O) groups is 4. The summed E-state index contributed by atoms with van der Waals surface area (Å²) in [6.07, 6.45) is 3.04. The van der Waals surface area contributed by atoms with Crippen molar-refractivity contribution in [1.82, 2.24) is 20.4 Å². The first kappa shape index (κ1) is 21.7. The molecule has 1 saturated carbocycles. The predicted molar refractivity (Wildman–Crippen MR) is 107 cm³/mol. The van der Waals surface area contributed by atoms with Crippen molar-refractivity contribution in [1.29, 1.82) is 0 Å². The number of halogens is 1. The van der Waals surface area contributed by atoms with Crippen LogP contribution in [0.1, 0.15) is 44.6 Å². The number of carbonyl (C=O) groups excluding carboxylic acids is 4. The first-order chi connectivity index (χ1) is 14.3. The van der Waals surface area contributed by atoms with Gasteiger partial charge in [0.05, 0.1) is 6.54 Å². The van der Waals surface area contributed by atoms with Crippen LogP contribution in [0.5, 0.6) is 0 Å². The summed E-state index contributed by atoms with van der Waals surface area (Å²) < 4.78 is 12.9. The maximum atomic E-state index is 12.9. The Balaban J connectivity index is 1.47. The highest BCUT2D eigenvalue weighted by molar-refractivity contribution is 6.07. The van der Waals surface area contributed by atoms with Gasteiger partial charge in [-0.2, -0.15) is 0 Å². The van der Waals surface area contributed by atoms with Crippen molar-refractivity contribution >= 4 is 23.8 Å². The minimum Gasteiger partial charge on any atom is -0.350 e. The van der Waals surface area contributed by atoms with Crippen molar-refractivity contribution in [3.05, 3.63) is 35.6 Å². The van der Waals surface area contributed by atoms with Crippen LogP contribution >= 0.6 is 0 Å². The molecule has 2 N–H and O–H groups in total. The van der Waals surface area contributed by atoms with Gasteiger partial charge in [-0.05, 0) is 37.5 Å². The maximum absolute atomic E-state index is 12.9. The molecule has 5 amide bonds. The number of nitrogens with one attached hydrogen (secondary N) is 2. The SMILES string of the molecule is CCN(CC(=O)NCc1ccc(F)cc1)C(=O)CCN1C(=O)NC2(CCCC2)C1=O. The molecule has 1 saturated heterocycles. The van der Waals surface area contributed by atoms with Gasteiger partial charge in [0.1, 0.15) is 11.4 Å². The monoisotopic (exact) mass is 418 g/mol. The molecule has 0 aromatic heterocycles. The number of benzene rings is 1. The van der Waals surface area contributed by atoms with E-state index in [-0.39, 0.29) is 49.6 Å². The highest BCUT2D eigenvalue weighted by Gasteiger charge is 2.52. The zero-order valence-electron chi connectivity index (χ0n) is 17.1. The average Bonchev–Trinajstić information content (AvgIpc) is 3.29. The molecule has 162 valence electrons. The summed E-state index contributed by atoms with van der Waals surface area (Å²) in [5, 5.41) is 5.49. The summed E-state index contributed by atoms with van der Waals surface area (Å²) in [6.45, 7) is 2.19. The molecule has 0 atom stereocenters. The fourth-order valence-corrected chi connectivity index (χ4v) is 3.97. The first-order valence-corrected chi connectivity index (χ1v) is 10.3. The van der Waals surface area contributed by atoms with Gasteiger partial charge in [-0.3, -0.25) is 19.3 Å². The van der Waals surface area contributed by atoms with Crippen LogP contribution < -0.4 is 10.6 Å². The predicted octanol–water partition coefficient (Wildman–Crippen LogP) is 1.55. The number of hydrogen-bond acceptors (Lipinski definition) is 4.